The first-order valence-corrected chi connectivity index (χ1v) is 7.17. The largest absolute Gasteiger partial charge is 0.344 e. The number of hydrogen-bond donors (Lipinski definition) is 1. The SMILES string of the molecule is CCCc1ccc(CCN(C)C(=O)C2(N)CC2)cc1. The van der Waals surface area contributed by atoms with E-state index in [1.165, 1.54) is 17.5 Å². The van der Waals surface area contributed by atoms with Crippen molar-refractivity contribution in [1.82, 2.24) is 4.90 Å². The molecule has 0 aliphatic heterocycles. The quantitative estimate of drug-likeness (QED) is 0.851. The number of nitrogens with two attached hydrogens (primary N) is 1. The molecule has 1 aromatic carbocycles. The highest BCUT2D eigenvalue weighted by Crippen LogP contribution is 2.33. The molecule has 1 saturated carbocycles. The summed E-state index contributed by atoms with van der Waals surface area (Å²) in [7, 11) is 1.85. The molecule has 2 rings (SSSR count). The van der Waals surface area contributed by atoms with Gasteiger partial charge in [-0.1, -0.05) is 37.6 Å². The van der Waals surface area contributed by atoms with Crippen LogP contribution in [0.2, 0.25) is 0 Å². The third-order valence-electron chi connectivity index (χ3n) is 3.86. The number of rotatable bonds is 6. The van der Waals surface area contributed by atoms with E-state index in [1.807, 2.05) is 7.05 Å². The zero-order valence-electron chi connectivity index (χ0n) is 12.0. The molecule has 0 saturated heterocycles. The number of benzene rings is 1. The second kappa shape index (κ2) is 5.74. The van der Waals surface area contributed by atoms with Gasteiger partial charge in [0.2, 0.25) is 5.91 Å². The fourth-order valence-corrected chi connectivity index (χ4v) is 2.29. The third-order valence-corrected chi connectivity index (χ3v) is 3.86. The summed E-state index contributed by atoms with van der Waals surface area (Å²) < 4.78 is 0. The van der Waals surface area contributed by atoms with E-state index in [2.05, 4.69) is 31.2 Å². The summed E-state index contributed by atoms with van der Waals surface area (Å²) in [6, 6.07) is 8.70. The van der Waals surface area contributed by atoms with Crippen LogP contribution >= 0.6 is 0 Å². The van der Waals surface area contributed by atoms with Crippen LogP contribution in [0.15, 0.2) is 24.3 Å². The Hall–Kier alpha value is -1.35. The predicted molar refractivity (Wildman–Crippen MR) is 77.9 cm³/mol. The maximum Gasteiger partial charge on any atom is 0.242 e. The number of likely N-dealkylation sites (N-methyl/N-ethyl adjacent to an activating group) is 1. The minimum Gasteiger partial charge on any atom is -0.344 e. The van der Waals surface area contributed by atoms with Crippen LogP contribution < -0.4 is 5.73 Å². The summed E-state index contributed by atoms with van der Waals surface area (Å²) in [6.07, 6.45) is 4.87. The molecule has 0 atom stereocenters. The molecular weight excluding hydrogens is 236 g/mol. The number of aryl methyl sites for hydroxylation is 1. The first-order valence-electron chi connectivity index (χ1n) is 7.17. The summed E-state index contributed by atoms with van der Waals surface area (Å²) >= 11 is 0. The molecular formula is C16H24N2O. The molecule has 3 nitrogen and oxygen atoms in total. The van der Waals surface area contributed by atoms with Gasteiger partial charge < -0.3 is 10.6 Å². The number of carbonyl (C=O) groups is 1. The third kappa shape index (κ3) is 3.57. The van der Waals surface area contributed by atoms with Crippen LogP contribution in [0.4, 0.5) is 0 Å². The number of amides is 1. The Morgan fingerprint density at radius 1 is 1.21 bits per heavy atom. The average molecular weight is 260 g/mol. The number of hydrogen-bond acceptors (Lipinski definition) is 2. The van der Waals surface area contributed by atoms with E-state index in [9.17, 15) is 4.79 Å². The second-order valence-corrected chi connectivity index (χ2v) is 5.70. The molecule has 1 aliphatic carbocycles. The van der Waals surface area contributed by atoms with Crippen LogP contribution in [0.1, 0.15) is 37.3 Å². The first-order chi connectivity index (χ1) is 9.05. The van der Waals surface area contributed by atoms with Crippen LogP contribution in [0.25, 0.3) is 0 Å². The zero-order valence-corrected chi connectivity index (χ0v) is 12.0. The zero-order chi connectivity index (χ0) is 13.9. The van der Waals surface area contributed by atoms with E-state index in [1.54, 1.807) is 4.90 Å². The fourth-order valence-electron chi connectivity index (χ4n) is 2.29. The molecule has 0 bridgehead atoms. The maximum atomic E-state index is 12.0. The van der Waals surface area contributed by atoms with Crippen molar-refractivity contribution in [2.24, 2.45) is 5.73 Å². The Kier molecular flexibility index (Phi) is 4.25. The van der Waals surface area contributed by atoms with Crippen LogP contribution in [0.5, 0.6) is 0 Å². The van der Waals surface area contributed by atoms with Crippen LogP contribution in [0.3, 0.4) is 0 Å². The van der Waals surface area contributed by atoms with Crippen LogP contribution in [-0.4, -0.2) is 29.9 Å². The minimum absolute atomic E-state index is 0.0927. The minimum atomic E-state index is -0.542. The summed E-state index contributed by atoms with van der Waals surface area (Å²) in [4.78, 5) is 13.8. The van der Waals surface area contributed by atoms with Crippen molar-refractivity contribution in [1.29, 1.82) is 0 Å². The lowest BCUT2D eigenvalue weighted by atomic mass is 10.1. The van der Waals surface area contributed by atoms with Gasteiger partial charge in [0.1, 0.15) is 0 Å². The van der Waals surface area contributed by atoms with Crippen LogP contribution in [-0.2, 0) is 17.6 Å². The van der Waals surface area contributed by atoms with Crippen molar-refractivity contribution in [3.63, 3.8) is 0 Å². The summed E-state index contributed by atoms with van der Waals surface area (Å²) in [5, 5.41) is 0. The van der Waals surface area contributed by atoms with Gasteiger partial charge in [-0.15, -0.1) is 0 Å². The molecule has 0 radical (unpaired) electrons. The van der Waals surface area contributed by atoms with Crippen molar-refractivity contribution >= 4 is 5.91 Å². The van der Waals surface area contributed by atoms with Gasteiger partial charge in [-0.3, -0.25) is 4.79 Å². The molecule has 104 valence electrons. The first kappa shape index (κ1) is 14.1. The molecule has 3 heteroatoms. The molecule has 0 heterocycles. The van der Waals surface area contributed by atoms with Gasteiger partial charge in [0, 0.05) is 13.6 Å². The van der Waals surface area contributed by atoms with E-state index in [4.69, 9.17) is 5.73 Å². The fraction of sp³-hybridized carbons (Fsp3) is 0.562. The van der Waals surface area contributed by atoms with Crippen molar-refractivity contribution in [3.05, 3.63) is 35.4 Å². The van der Waals surface area contributed by atoms with Gasteiger partial charge in [-0.25, -0.2) is 0 Å². The lowest BCUT2D eigenvalue weighted by molar-refractivity contribution is -0.132. The second-order valence-electron chi connectivity index (χ2n) is 5.70. The smallest absolute Gasteiger partial charge is 0.242 e. The van der Waals surface area contributed by atoms with Crippen molar-refractivity contribution < 1.29 is 4.79 Å². The normalized spacial score (nSPS) is 16.2. The lowest BCUT2D eigenvalue weighted by Crippen LogP contribution is -2.44. The average Bonchev–Trinajstić information content (AvgIpc) is 3.16. The van der Waals surface area contributed by atoms with E-state index >= 15 is 0 Å². The standard InChI is InChI=1S/C16H24N2O/c1-3-4-13-5-7-14(8-6-13)9-12-18(2)15(19)16(17)10-11-16/h5-8H,3-4,9-12,17H2,1-2H3. The Morgan fingerprint density at radius 3 is 2.21 bits per heavy atom. The Bertz CT molecular complexity index is 435. The van der Waals surface area contributed by atoms with Crippen molar-refractivity contribution in [3.8, 4) is 0 Å². The molecule has 0 unspecified atom stereocenters. The van der Waals surface area contributed by atoms with Crippen LogP contribution in [0, 0.1) is 0 Å². The molecule has 1 aromatic rings. The number of carbonyl (C=O) groups excluding carboxylic acids is 1. The van der Waals surface area contributed by atoms with Gasteiger partial charge >= 0.3 is 0 Å². The maximum absolute atomic E-state index is 12.0. The van der Waals surface area contributed by atoms with E-state index < -0.39 is 5.54 Å². The molecule has 19 heavy (non-hydrogen) atoms. The molecule has 1 aliphatic rings. The summed E-state index contributed by atoms with van der Waals surface area (Å²) in [5.74, 6) is 0.0927. The lowest BCUT2D eigenvalue weighted by Gasteiger charge is -2.20. The Labute approximate surface area is 115 Å². The number of nitrogens with zero attached hydrogens (tertiary/aromatic N) is 1. The highest BCUT2D eigenvalue weighted by molar-refractivity contribution is 5.88. The van der Waals surface area contributed by atoms with E-state index in [-0.39, 0.29) is 5.91 Å². The topological polar surface area (TPSA) is 46.3 Å². The summed E-state index contributed by atoms with van der Waals surface area (Å²) in [5.41, 5.74) is 8.04. The molecule has 0 aromatic heterocycles. The van der Waals surface area contributed by atoms with Gasteiger partial charge in [-0.05, 0) is 36.8 Å². The Balaban J connectivity index is 1.83. The van der Waals surface area contributed by atoms with Gasteiger partial charge in [0.15, 0.2) is 0 Å². The molecule has 2 N–H and O–H groups in total. The summed E-state index contributed by atoms with van der Waals surface area (Å²) in [6.45, 7) is 2.93. The van der Waals surface area contributed by atoms with E-state index in [0.717, 1.165) is 32.2 Å². The molecule has 1 fully saturated rings. The van der Waals surface area contributed by atoms with Crippen molar-refractivity contribution in [2.75, 3.05) is 13.6 Å². The highest BCUT2D eigenvalue weighted by atomic mass is 16.2. The predicted octanol–water partition coefficient (Wildman–Crippen LogP) is 2.13. The Morgan fingerprint density at radius 2 is 1.74 bits per heavy atom. The van der Waals surface area contributed by atoms with Gasteiger partial charge in [-0.2, -0.15) is 0 Å². The van der Waals surface area contributed by atoms with Gasteiger partial charge in [0.05, 0.1) is 5.54 Å². The highest BCUT2D eigenvalue weighted by Gasteiger charge is 2.47. The molecule has 0 spiro atoms. The molecule has 1 amide bonds. The van der Waals surface area contributed by atoms with E-state index in [0.29, 0.717) is 0 Å². The van der Waals surface area contributed by atoms with Gasteiger partial charge in [0.25, 0.3) is 0 Å². The monoisotopic (exact) mass is 260 g/mol. The van der Waals surface area contributed by atoms with Crippen molar-refractivity contribution in [2.45, 2.75) is 44.6 Å².